The molecule has 0 aliphatic rings. The summed E-state index contributed by atoms with van der Waals surface area (Å²) >= 11 is 5.80. The number of hydrogen-bond acceptors (Lipinski definition) is 7. The molecule has 0 aliphatic heterocycles. The Balaban J connectivity index is 1.59. The van der Waals surface area contributed by atoms with Crippen LogP contribution in [0.15, 0.2) is 36.7 Å². The topological polar surface area (TPSA) is 120 Å². The van der Waals surface area contributed by atoms with Gasteiger partial charge < -0.3 is 25.6 Å². The summed E-state index contributed by atoms with van der Waals surface area (Å²) in [5, 5.41) is 13.0. The summed E-state index contributed by atoms with van der Waals surface area (Å²) < 4.78 is 10.8. The number of benzene rings is 1. The quantitative estimate of drug-likeness (QED) is 0.528. The van der Waals surface area contributed by atoms with Gasteiger partial charge in [0.2, 0.25) is 5.91 Å². The maximum Gasteiger partial charge on any atom is 0.252 e. The number of carbonyl (C=O) groups is 1. The number of aliphatic hydroxyl groups excluding tert-OH is 1. The minimum Gasteiger partial charge on any atom is -0.492 e. The molecule has 1 heterocycles. The van der Waals surface area contributed by atoms with Gasteiger partial charge in [-0.1, -0.05) is 11.6 Å². The summed E-state index contributed by atoms with van der Waals surface area (Å²) in [6, 6.07) is 6.55. The van der Waals surface area contributed by atoms with Gasteiger partial charge in [0.05, 0.1) is 0 Å². The first-order valence-electron chi connectivity index (χ1n) is 7.57. The zero-order chi connectivity index (χ0) is 18.1. The number of nitrogens with one attached hydrogen (secondary N) is 1. The Bertz CT molecular complexity index is 684. The second-order valence-electron chi connectivity index (χ2n) is 5.06. The van der Waals surface area contributed by atoms with Crippen molar-refractivity contribution in [3.8, 4) is 11.6 Å². The van der Waals surface area contributed by atoms with Gasteiger partial charge >= 0.3 is 0 Å². The first kappa shape index (κ1) is 18.9. The standard InChI is InChI=1S/C16H19ClN4O4/c17-14-16(21-6-5-20-14)25-10-12(22)9-19-7-8-24-13-3-1-11(2-4-13)15(18)23/h1-6,12,19,22H,7-10H2,(H2,18,23). The van der Waals surface area contributed by atoms with Crippen LogP contribution in [0.1, 0.15) is 10.4 Å². The van der Waals surface area contributed by atoms with E-state index < -0.39 is 12.0 Å². The SMILES string of the molecule is NC(=O)c1ccc(OCCNCC(O)COc2nccnc2Cl)cc1. The molecule has 25 heavy (non-hydrogen) atoms. The Kier molecular flexibility index (Phi) is 7.39. The number of ether oxygens (including phenoxy) is 2. The van der Waals surface area contributed by atoms with Gasteiger partial charge in [0, 0.05) is 31.0 Å². The molecule has 1 aromatic heterocycles. The zero-order valence-electron chi connectivity index (χ0n) is 13.4. The summed E-state index contributed by atoms with van der Waals surface area (Å²) in [4.78, 5) is 18.7. The molecule has 0 spiro atoms. The smallest absolute Gasteiger partial charge is 0.252 e. The maximum atomic E-state index is 11.0. The highest BCUT2D eigenvalue weighted by Gasteiger charge is 2.08. The van der Waals surface area contributed by atoms with Gasteiger partial charge in [-0.3, -0.25) is 4.79 Å². The highest BCUT2D eigenvalue weighted by atomic mass is 35.5. The van der Waals surface area contributed by atoms with Crippen LogP contribution in [0.3, 0.4) is 0 Å². The predicted molar refractivity (Wildman–Crippen MR) is 91.9 cm³/mol. The molecule has 2 aromatic rings. The molecule has 8 nitrogen and oxygen atoms in total. The van der Waals surface area contributed by atoms with E-state index in [1.807, 2.05) is 0 Å². The molecule has 4 N–H and O–H groups in total. The summed E-state index contributed by atoms with van der Waals surface area (Å²) in [7, 11) is 0. The van der Waals surface area contributed by atoms with Gasteiger partial charge in [-0.2, -0.15) is 0 Å². The number of nitrogens with zero attached hydrogens (tertiary/aromatic N) is 2. The molecule has 0 saturated carbocycles. The molecule has 0 bridgehead atoms. The van der Waals surface area contributed by atoms with E-state index in [0.29, 0.717) is 31.0 Å². The first-order chi connectivity index (χ1) is 12.1. The van der Waals surface area contributed by atoms with Crippen molar-refractivity contribution in [2.45, 2.75) is 6.10 Å². The molecule has 1 amide bonds. The van der Waals surface area contributed by atoms with Crippen LogP contribution in [0.2, 0.25) is 5.15 Å². The number of primary amides is 1. The molecular weight excluding hydrogens is 348 g/mol. The third kappa shape index (κ3) is 6.54. The minimum atomic E-state index is -0.729. The maximum absolute atomic E-state index is 11.0. The summed E-state index contributed by atoms with van der Waals surface area (Å²) in [5.41, 5.74) is 5.59. The highest BCUT2D eigenvalue weighted by Crippen LogP contribution is 2.16. The van der Waals surface area contributed by atoms with Crippen molar-refractivity contribution in [2.75, 3.05) is 26.3 Å². The average molecular weight is 367 g/mol. The number of rotatable bonds is 10. The minimum absolute atomic E-state index is 0.0425. The van der Waals surface area contributed by atoms with E-state index in [9.17, 15) is 9.90 Å². The molecule has 2 rings (SSSR count). The van der Waals surface area contributed by atoms with E-state index in [4.69, 9.17) is 26.8 Å². The van der Waals surface area contributed by atoms with Crippen LogP contribution in [0.5, 0.6) is 11.6 Å². The number of amides is 1. The molecule has 9 heteroatoms. The van der Waals surface area contributed by atoms with E-state index in [-0.39, 0.29) is 17.6 Å². The Morgan fingerprint density at radius 3 is 2.64 bits per heavy atom. The van der Waals surface area contributed by atoms with E-state index >= 15 is 0 Å². The highest BCUT2D eigenvalue weighted by molar-refractivity contribution is 6.30. The van der Waals surface area contributed by atoms with Gasteiger partial charge in [-0.15, -0.1) is 0 Å². The van der Waals surface area contributed by atoms with Crippen LogP contribution in [0, 0.1) is 0 Å². The van der Waals surface area contributed by atoms with Crippen molar-refractivity contribution in [3.63, 3.8) is 0 Å². The molecular formula is C16H19ClN4O4. The van der Waals surface area contributed by atoms with Crippen LogP contribution in [0.25, 0.3) is 0 Å². The van der Waals surface area contributed by atoms with Crippen molar-refractivity contribution < 1.29 is 19.4 Å². The zero-order valence-corrected chi connectivity index (χ0v) is 14.1. The largest absolute Gasteiger partial charge is 0.492 e. The molecule has 1 aromatic carbocycles. The second kappa shape index (κ2) is 9.77. The monoisotopic (exact) mass is 366 g/mol. The lowest BCUT2D eigenvalue weighted by Crippen LogP contribution is -2.33. The molecule has 0 fully saturated rings. The van der Waals surface area contributed by atoms with Crippen molar-refractivity contribution in [2.24, 2.45) is 5.73 Å². The van der Waals surface area contributed by atoms with Gasteiger partial charge in [-0.25, -0.2) is 9.97 Å². The fraction of sp³-hybridized carbons (Fsp3) is 0.312. The third-order valence-electron chi connectivity index (χ3n) is 3.10. The number of halogens is 1. The van der Waals surface area contributed by atoms with Crippen molar-refractivity contribution in [1.82, 2.24) is 15.3 Å². The number of nitrogens with two attached hydrogens (primary N) is 1. The Morgan fingerprint density at radius 1 is 1.24 bits per heavy atom. The lowest BCUT2D eigenvalue weighted by Gasteiger charge is -2.13. The second-order valence-corrected chi connectivity index (χ2v) is 5.42. The summed E-state index contributed by atoms with van der Waals surface area (Å²) in [6.07, 6.45) is 2.18. The van der Waals surface area contributed by atoms with Crippen molar-refractivity contribution in [1.29, 1.82) is 0 Å². The molecule has 0 saturated heterocycles. The van der Waals surface area contributed by atoms with E-state index in [0.717, 1.165) is 0 Å². The normalized spacial score (nSPS) is 11.8. The third-order valence-corrected chi connectivity index (χ3v) is 3.36. The molecule has 1 unspecified atom stereocenters. The molecule has 1 atom stereocenters. The fourth-order valence-electron chi connectivity index (χ4n) is 1.86. The van der Waals surface area contributed by atoms with E-state index in [2.05, 4.69) is 15.3 Å². The van der Waals surface area contributed by atoms with E-state index in [1.165, 1.54) is 12.4 Å². The van der Waals surface area contributed by atoms with Gasteiger partial charge in [0.15, 0.2) is 5.15 Å². The van der Waals surface area contributed by atoms with Crippen LogP contribution in [0.4, 0.5) is 0 Å². The molecule has 134 valence electrons. The Hall–Kier alpha value is -2.42. The average Bonchev–Trinajstić information content (AvgIpc) is 2.61. The lowest BCUT2D eigenvalue weighted by molar-refractivity contribution is 0.1000. The van der Waals surface area contributed by atoms with Crippen LogP contribution in [-0.2, 0) is 0 Å². The summed E-state index contributed by atoms with van der Waals surface area (Å²) in [5.74, 6) is 0.339. The van der Waals surface area contributed by atoms with Crippen LogP contribution >= 0.6 is 11.6 Å². The van der Waals surface area contributed by atoms with Gasteiger partial charge in [0.25, 0.3) is 5.88 Å². The Morgan fingerprint density at radius 2 is 1.96 bits per heavy atom. The number of aromatic nitrogens is 2. The number of aliphatic hydroxyl groups is 1. The molecule has 0 radical (unpaired) electrons. The Labute approximate surface area is 149 Å². The number of carbonyl (C=O) groups excluding carboxylic acids is 1. The first-order valence-corrected chi connectivity index (χ1v) is 7.95. The fourth-order valence-corrected chi connectivity index (χ4v) is 2.02. The lowest BCUT2D eigenvalue weighted by atomic mass is 10.2. The predicted octanol–water partition coefficient (Wildman–Crippen LogP) is 0.637. The number of hydrogen-bond donors (Lipinski definition) is 3. The van der Waals surface area contributed by atoms with Crippen molar-refractivity contribution in [3.05, 3.63) is 47.4 Å². The van der Waals surface area contributed by atoms with Crippen LogP contribution < -0.4 is 20.5 Å². The van der Waals surface area contributed by atoms with Crippen molar-refractivity contribution >= 4 is 17.5 Å². The van der Waals surface area contributed by atoms with Crippen LogP contribution in [-0.4, -0.2) is 53.4 Å². The summed E-state index contributed by atoms with van der Waals surface area (Å²) in [6.45, 7) is 1.29. The molecule has 0 aliphatic carbocycles. The van der Waals surface area contributed by atoms with Gasteiger partial charge in [0.1, 0.15) is 25.1 Å². The van der Waals surface area contributed by atoms with E-state index in [1.54, 1.807) is 24.3 Å². The van der Waals surface area contributed by atoms with Gasteiger partial charge in [-0.05, 0) is 24.3 Å².